The number of nitriles is 1. The van der Waals surface area contributed by atoms with E-state index in [-0.39, 0.29) is 11.5 Å². The molecule has 20 heavy (non-hydrogen) atoms. The van der Waals surface area contributed by atoms with Crippen molar-refractivity contribution < 1.29 is 4.79 Å². The molecule has 0 bridgehead atoms. The van der Waals surface area contributed by atoms with Gasteiger partial charge in [0.25, 0.3) is 0 Å². The summed E-state index contributed by atoms with van der Waals surface area (Å²) in [5.74, 6) is 0.151. The first-order valence-corrected chi connectivity index (χ1v) is 6.39. The summed E-state index contributed by atoms with van der Waals surface area (Å²) in [6.07, 6.45) is 1.39. The molecule has 2 rings (SSSR count). The molecule has 2 aromatic rings. The van der Waals surface area contributed by atoms with E-state index >= 15 is 0 Å². The first-order valence-electron chi connectivity index (χ1n) is 5.63. The Kier molecular flexibility index (Phi) is 3.98. The van der Waals surface area contributed by atoms with Gasteiger partial charge in [-0.2, -0.15) is 10.4 Å². The number of nitrogens with zero attached hydrogens (tertiary/aromatic N) is 4. The highest BCUT2D eigenvalue weighted by atomic mass is 35.5. The van der Waals surface area contributed by atoms with Gasteiger partial charge in [-0.05, 0) is 18.2 Å². The Morgan fingerprint density at radius 1 is 1.45 bits per heavy atom. The molecule has 0 aliphatic rings. The minimum absolute atomic E-state index is 0.215. The molecule has 7 heteroatoms. The fourth-order valence-corrected chi connectivity index (χ4v) is 2.21. The molecule has 102 valence electrons. The molecule has 0 spiro atoms. The Hall–Kier alpha value is -2.03. The summed E-state index contributed by atoms with van der Waals surface area (Å²) in [5.41, 5.74) is 0.828. The highest BCUT2D eigenvalue weighted by Gasteiger charge is 2.20. The molecule has 0 saturated heterocycles. The van der Waals surface area contributed by atoms with Crippen LogP contribution in [0, 0.1) is 11.3 Å². The second kappa shape index (κ2) is 5.53. The van der Waals surface area contributed by atoms with Crippen molar-refractivity contribution in [2.24, 2.45) is 0 Å². The van der Waals surface area contributed by atoms with Crippen molar-refractivity contribution >= 4 is 34.9 Å². The molecule has 0 saturated carbocycles. The van der Waals surface area contributed by atoms with Crippen LogP contribution in [0.4, 0.5) is 5.82 Å². The van der Waals surface area contributed by atoms with Crippen molar-refractivity contribution in [2.45, 2.75) is 6.92 Å². The van der Waals surface area contributed by atoms with Gasteiger partial charge in [0.1, 0.15) is 11.6 Å². The molecule has 0 unspecified atom stereocenters. The monoisotopic (exact) mass is 308 g/mol. The van der Waals surface area contributed by atoms with E-state index in [4.69, 9.17) is 28.5 Å². The maximum atomic E-state index is 11.6. The zero-order valence-electron chi connectivity index (χ0n) is 10.8. The SMILES string of the molecule is CC(=O)N(C)c1c(C#N)cnn1-c1ccc(Cl)cc1Cl. The standard InChI is InChI=1S/C13H10Cl2N4O/c1-8(20)18(2)13-9(6-16)7-17-19(13)12-4-3-10(14)5-11(12)15/h3-5,7H,1-2H3. The van der Waals surface area contributed by atoms with Gasteiger partial charge in [0.2, 0.25) is 5.91 Å². The summed E-state index contributed by atoms with van der Waals surface area (Å²) in [7, 11) is 1.57. The Labute approximate surface area is 125 Å². The number of hydrogen-bond acceptors (Lipinski definition) is 3. The number of benzene rings is 1. The molecule has 5 nitrogen and oxygen atoms in total. The zero-order chi connectivity index (χ0) is 14.9. The molecule has 0 fully saturated rings. The van der Waals surface area contributed by atoms with Crippen LogP contribution in [0.5, 0.6) is 0 Å². The third kappa shape index (κ3) is 2.48. The quantitative estimate of drug-likeness (QED) is 0.856. The summed E-state index contributed by atoms with van der Waals surface area (Å²) in [6.45, 7) is 1.40. The molecule has 0 aliphatic heterocycles. The van der Waals surface area contributed by atoms with Crippen LogP contribution in [0.25, 0.3) is 5.69 Å². The Morgan fingerprint density at radius 3 is 2.70 bits per heavy atom. The lowest BCUT2D eigenvalue weighted by Gasteiger charge is -2.18. The van der Waals surface area contributed by atoms with Gasteiger partial charge in [-0.3, -0.25) is 9.69 Å². The third-order valence-corrected chi connectivity index (χ3v) is 3.33. The predicted molar refractivity (Wildman–Crippen MR) is 77.4 cm³/mol. The number of halogens is 2. The first kappa shape index (κ1) is 14.4. The van der Waals surface area contributed by atoms with Crippen LogP contribution >= 0.6 is 23.2 Å². The maximum absolute atomic E-state index is 11.6. The van der Waals surface area contributed by atoms with Crippen molar-refractivity contribution in [3.8, 4) is 11.8 Å². The van der Waals surface area contributed by atoms with Crippen LogP contribution in [-0.2, 0) is 4.79 Å². The summed E-state index contributed by atoms with van der Waals surface area (Å²) in [4.78, 5) is 12.9. The Bertz CT molecular complexity index is 718. The molecule has 0 N–H and O–H groups in total. The van der Waals surface area contributed by atoms with Gasteiger partial charge >= 0.3 is 0 Å². The number of amides is 1. The maximum Gasteiger partial charge on any atom is 0.224 e. The Balaban J connectivity index is 2.66. The van der Waals surface area contributed by atoms with Gasteiger partial charge in [-0.1, -0.05) is 23.2 Å². The van der Waals surface area contributed by atoms with Gasteiger partial charge in [-0.15, -0.1) is 0 Å². The van der Waals surface area contributed by atoms with E-state index in [1.807, 2.05) is 6.07 Å². The minimum atomic E-state index is -0.215. The van der Waals surface area contributed by atoms with E-state index < -0.39 is 0 Å². The summed E-state index contributed by atoms with van der Waals surface area (Å²) >= 11 is 12.0. The smallest absolute Gasteiger partial charge is 0.224 e. The molecule has 0 aliphatic carbocycles. The average molecular weight is 309 g/mol. The summed E-state index contributed by atoms with van der Waals surface area (Å²) in [5, 5.41) is 14.1. The van der Waals surface area contributed by atoms with Crippen LogP contribution < -0.4 is 4.90 Å². The van der Waals surface area contributed by atoms with Gasteiger partial charge in [-0.25, -0.2) is 4.68 Å². The topological polar surface area (TPSA) is 61.9 Å². The van der Waals surface area contributed by atoms with Gasteiger partial charge in [0.15, 0.2) is 5.82 Å². The Morgan fingerprint density at radius 2 is 2.15 bits per heavy atom. The number of carbonyl (C=O) groups is 1. The number of hydrogen-bond donors (Lipinski definition) is 0. The summed E-state index contributed by atoms with van der Waals surface area (Å²) in [6, 6.07) is 6.92. The number of anilines is 1. The van der Waals surface area contributed by atoms with E-state index in [2.05, 4.69) is 5.10 Å². The lowest BCUT2D eigenvalue weighted by Crippen LogP contribution is -2.26. The van der Waals surface area contributed by atoms with Crippen LogP contribution in [0.15, 0.2) is 24.4 Å². The fourth-order valence-electron chi connectivity index (χ4n) is 1.72. The van der Waals surface area contributed by atoms with E-state index in [1.54, 1.807) is 25.2 Å². The number of carbonyl (C=O) groups excluding carboxylic acids is 1. The van der Waals surface area contributed by atoms with E-state index in [0.717, 1.165) is 0 Å². The highest BCUT2D eigenvalue weighted by Crippen LogP contribution is 2.29. The van der Waals surface area contributed by atoms with E-state index in [0.29, 0.717) is 21.6 Å². The highest BCUT2D eigenvalue weighted by molar-refractivity contribution is 6.35. The molecule has 1 heterocycles. The van der Waals surface area contributed by atoms with Crippen LogP contribution in [0.2, 0.25) is 10.0 Å². The lowest BCUT2D eigenvalue weighted by atomic mass is 10.3. The molecular formula is C13H10Cl2N4O. The van der Waals surface area contributed by atoms with Crippen molar-refractivity contribution in [2.75, 3.05) is 11.9 Å². The summed E-state index contributed by atoms with van der Waals surface area (Å²) < 4.78 is 1.44. The second-order valence-electron chi connectivity index (χ2n) is 4.08. The predicted octanol–water partition coefficient (Wildman–Crippen LogP) is 3.03. The average Bonchev–Trinajstić information content (AvgIpc) is 2.81. The largest absolute Gasteiger partial charge is 0.299 e. The van der Waals surface area contributed by atoms with Crippen LogP contribution in [0.1, 0.15) is 12.5 Å². The fraction of sp³-hybridized carbons (Fsp3) is 0.154. The van der Waals surface area contributed by atoms with Gasteiger partial charge in [0, 0.05) is 19.0 Å². The van der Waals surface area contributed by atoms with Gasteiger partial charge in [0.05, 0.1) is 16.9 Å². The molecule has 1 aromatic carbocycles. The first-order chi connectivity index (χ1) is 9.45. The van der Waals surface area contributed by atoms with Crippen molar-refractivity contribution in [3.63, 3.8) is 0 Å². The molecule has 1 amide bonds. The minimum Gasteiger partial charge on any atom is -0.299 e. The van der Waals surface area contributed by atoms with Crippen LogP contribution in [-0.4, -0.2) is 22.7 Å². The molecule has 0 radical (unpaired) electrons. The van der Waals surface area contributed by atoms with Crippen molar-refractivity contribution in [1.82, 2.24) is 9.78 Å². The van der Waals surface area contributed by atoms with Crippen molar-refractivity contribution in [3.05, 3.63) is 40.0 Å². The molecule has 1 aromatic heterocycles. The van der Waals surface area contributed by atoms with Gasteiger partial charge < -0.3 is 0 Å². The third-order valence-electron chi connectivity index (χ3n) is 2.79. The number of rotatable bonds is 2. The normalized spacial score (nSPS) is 10.2. The number of aromatic nitrogens is 2. The molecular weight excluding hydrogens is 299 g/mol. The van der Waals surface area contributed by atoms with Crippen LogP contribution in [0.3, 0.4) is 0 Å². The molecule has 0 atom stereocenters. The lowest BCUT2D eigenvalue weighted by molar-refractivity contribution is -0.116. The zero-order valence-corrected chi connectivity index (χ0v) is 12.3. The van der Waals surface area contributed by atoms with Crippen molar-refractivity contribution in [1.29, 1.82) is 5.26 Å². The van der Waals surface area contributed by atoms with E-state index in [1.165, 1.54) is 22.7 Å². The van der Waals surface area contributed by atoms with E-state index in [9.17, 15) is 4.79 Å². The second-order valence-corrected chi connectivity index (χ2v) is 4.92.